The minimum absolute atomic E-state index is 0.00495. The molecule has 104 valence electrons. The number of carbonyl (C=O) groups excluding carboxylic acids is 1. The molecule has 0 spiro atoms. The van der Waals surface area contributed by atoms with Gasteiger partial charge in [-0.2, -0.15) is 10.2 Å². The summed E-state index contributed by atoms with van der Waals surface area (Å²) in [6, 6.07) is 1.81. The minimum atomic E-state index is -0.642. The summed E-state index contributed by atoms with van der Waals surface area (Å²) >= 11 is 0. The van der Waals surface area contributed by atoms with Gasteiger partial charge in [0.2, 0.25) is 0 Å². The maximum atomic E-state index is 12.5. The molecule has 0 atom stereocenters. The molecule has 2 rings (SSSR count). The van der Waals surface area contributed by atoms with Crippen LogP contribution in [0.15, 0.2) is 6.07 Å². The predicted molar refractivity (Wildman–Crippen MR) is 71.9 cm³/mol. The number of aryl methyl sites for hydroxylation is 2. The van der Waals surface area contributed by atoms with Crippen molar-refractivity contribution >= 4 is 5.91 Å². The molecular weight excluding hydrogens is 242 g/mol. The van der Waals surface area contributed by atoms with Gasteiger partial charge in [0.25, 0.3) is 5.91 Å². The SMILES string of the molecule is CCc1nnc(C)cc1C(=O)N1CCC(C)(O)CC1. The summed E-state index contributed by atoms with van der Waals surface area (Å²) in [5.74, 6) is 0.00495. The van der Waals surface area contributed by atoms with Crippen molar-refractivity contribution in [3.8, 4) is 0 Å². The van der Waals surface area contributed by atoms with E-state index >= 15 is 0 Å². The molecule has 0 aromatic carbocycles. The molecular formula is C14H21N3O2. The molecule has 1 saturated heterocycles. The third-order valence-electron chi connectivity index (χ3n) is 3.69. The Hall–Kier alpha value is -1.49. The van der Waals surface area contributed by atoms with Gasteiger partial charge in [0.15, 0.2) is 0 Å². The molecule has 0 unspecified atom stereocenters. The Labute approximate surface area is 113 Å². The van der Waals surface area contributed by atoms with E-state index in [1.165, 1.54) is 0 Å². The molecule has 0 saturated carbocycles. The number of hydrogen-bond acceptors (Lipinski definition) is 4. The molecule has 5 heteroatoms. The van der Waals surface area contributed by atoms with Gasteiger partial charge in [-0.25, -0.2) is 0 Å². The van der Waals surface area contributed by atoms with Gasteiger partial charge in [0.05, 0.1) is 22.6 Å². The van der Waals surface area contributed by atoms with Gasteiger partial charge in [-0.3, -0.25) is 4.79 Å². The minimum Gasteiger partial charge on any atom is -0.390 e. The van der Waals surface area contributed by atoms with E-state index in [0.717, 1.165) is 11.4 Å². The van der Waals surface area contributed by atoms with Crippen molar-refractivity contribution in [1.29, 1.82) is 0 Å². The molecule has 2 heterocycles. The fourth-order valence-electron chi connectivity index (χ4n) is 2.32. The highest BCUT2D eigenvalue weighted by atomic mass is 16.3. The summed E-state index contributed by atoms with van der Waals surface area (Å²) in [6.45, 7) is 6.82. The molecule has 1 aliphatic heterocycles. The number of nitrogens with zero attached hydrogens (tertiary/aromatic N) is 3. The third-order valence-corrected chi connectivity index (χ3v) is 3.69. The highest BCUT2D eigenvalue weighted by molar-refractivity contribution is 5.95. The van der Waals surface area contributed by atoms with Gasteiger partial charge in [-0.15, -0.1) is 0 Å². The van der Waals surface area contributed by atoms with Crippen LogP contribution in [0.2, 0.25) is 0 Å². The van der Waals surface area contributed by atoms with Gasteiger partial charge in [-0.05, 0) is 39.2 Å². The van der Waals surface area contributed by atoms with Crippen molar-refractivity contribution < 1.29 is 9.90 Å². The van der Waals surface area contributed by atoms with Crippen molar-refractivity contribution in [2.24, 2.45) is 0 Å². The predicted octanol–water partition coefficient (Wildman–Crippen LogP) is 1.33. The quantitative estimate of drug-likeness (QED) is 0.874. The van der Waals surface area contributed by atoms with Gasteiger partial charge < -0.3 is 10.0 Å². The Morgan fingerprint density at radius 2 is 2.05 bits per heavy atom. The average Bonchev–Trinajstić information content (AvgIpc) is 2.38. The van der Waals surface area contributed by atoms with Crippen LogP contribution in [-0.4, -0.2) is 44.8 Å². The van der Waals surface area contributed by atoms with Crippen molar-refractivity contribution in [3.63, 3.8) is 0 Å². The molecule has 19 heavy (non-hydrogen) atoms. The summed E-state index contributed by atoms with van der Waals surface area (Å²) < 4.78 is 0. The van der Waals surface area contributed by atoms with Crippen LogP contribution in [0.5, 0.6) is 0 Å². The normalized spacial score (nSPS) is 18.4. The van der Waals surface area contributed by atoms with E-state index in [1.54, 1.807) is 11.0 Å². The second-order valence-electron chi connectivity index (χ2n) is 5.49. The van der Waals surface area contributed by atoms with Crippen LogP contribution in [0, 0.1) is 6.92 Å². The Balaban J connectivity index is 2.18. The molecule has 1 N–H and O–H groups in total. The zero-order chi connectivity index (χ0) is 14.0. The van der Waals surface area contributed by atoms with Crippen LogP contribution in [-0.2, 0) is 6.42 Å². The second kappa shape index (κ2) is 5.25. The molecule has 1 aliphatic rings. The van der Waals surface area contributed by atoms with E-state index in [1.807, 2.05) is 20.8 Å². The highest BCUT2D eigenvalue weighted by Gasteiger charge is 2.30. The van der Waals surface area contributed by atoms with Crippen LogP contribution < -0.4 is 0 Å². The fraction of sp³-hybridized carbons (Fsp3) is 0.643. The lowest BCUT2D eigenvalue weighted by molar-refractivity contribution is -0.00207. The number of aliphatic hydroxyl groups is 1. The summed E-state index contributed by atoms with van der Waals surface area (Å²) in [5.41, 5.74) is 1.51. The van der Waals surface area contributed by atoms with E-state index in [9.17, 15) is 9.90 Å². The van der Waals surface area contributed by atoms with Gasteiger partial charge in [-0.1, -0.05) is 6.92 Å². The first-order valence-electron chi connectivity index (χ1n) is 6.78. The van der Waals surface area contributed by atoms with E-state index in [4.69, 9.17) is 0 Å². The van der Waals surface area contributed by atoms with Crippen molar-refractivity contribution in [2.45, 2.75) is 45.6 Å². The van der Waals surface area contributed by atoms with Crippen molar-refractivity contribution in [2.75, 3.05) is 13.1 Å². The van der Waals surface area contributed by atoms with E-state index in [0.29, 0.717) is 37.9 Å². The Morgan fingerprint density at radius 3 is 2.63 bits per heavy atom. The summed E-state index contributed by atoms with van der Waals surface area (Å²) in [4.78, 5) is 14.3. The number of piperidine rings is 1. The van der Waals surface area contributed by atoms with Gasteiger partial charge in [0, 0.05) is 13.1 Å². The van der Waals surface area contributed by atoms with Crippen LogP contribution in [0.1, 0.15) is 48.4 Å². The van der Waals surface area contributed by atoms with Gasteiger partial charge in [0.1, 0.15) is 0 Å². The molecule has 0 aliphatic carbocycles. The van der Waals surface area contributed by atoms with Crippen LogP contribution >= 0.6 is 0 Å². The maximum absolute atomic E-state index is 12.5. The van der Waals surface area contributed by atoms with Gasteiger partial charge >= 0.3 is 0 Å². The van der Waals surface area contributed by atoms with Crippen LogP contribution in [0.4, 0.5) is 0 Å². The van der Waals surface area contributed by atoms with Crippen LogP contribution in [0.3, 0.4) is 0 Å². The summed E-state index contributed by atoms with van der Waals surface area (Å²) in [5, 5.41) is 18.0. The van der Waals surface area contributed by atoms with Crippen LogP contribution in [0.25, 0.3) is 0 Å². The second-order valence-corrected chi connectivity index (χ2v) is 5.49. The zero-order valence-electron chi connectivity index (χ0n) is 11.8. The molecule has 0 bridgehead atoms. The molecule has 1 amide bonds. The lowest BCUT2D eigenvalue weighted by atomic mass is 9.93. The van der Waals surface area contributed by atoms with Crippen molar-refractivity contribution in [3.05, 3.63) is 23.0 Å². The number of amides is 1. The number of carbonyl (C=O) groups is 1. The zero-order valence-corrected chi connectivity index (χ0v) is 11.8. The van der Waals surface area contributed by atoms with Crippen molar-refractivity contribution in [1.82, 2.24) is 15.1 Å². The largest absolute Gasteiger partial charge is 0.390 e. The van der Waals surface area contributed by atoms with E-state index in [2.05, 4.69) is 10.2 Å². The van der Waals surface area contributed by atoms with E-state index in [-0.39, 0.29) is 5.91 Å². The summed E-state index contributed by atoms with van der Waals surface area (Å²) in [7, 11) is 0. The highest BCUT2D eigenvalue weighted by Crippen LogP contribution is 2.23. The fourth-order valence-corrected chi connectivity index (χ4v) is 2.32. The number of hydrogen-bond donors (Lipinski definition) is 1. The average molecular weight is 263 g/mol. The Kier molecular flexibility index (Phi) is 3.85. The molecule has 1 fully saturated rings. The lowest BCUT2D eigenvalue weighted by Crippen LogP contribution is -2.45. The molecule has 5 nitrogen and oxygen atoms in total. The Morgan fingerprint density at radius 1 is 1.42 bits per heavy atom. The maximum Gasteiger partial charge on any atom is 0.255 e. The topological polar surface area (TPSA) is 66.3 Å². The van der Waals surface area contributed by atoms with E-state index < -0.39 is 5.60 Å². The standard InChI is InChI=1S/C14H21N3O2/c1-4-12-11(9-10(2)15-16-12)13(18)17-7-5-14(3,19)6-8-17/h9,19H,4-8H2,1-3H3. The lowest BCUT2D eigenvalue weighted by Gasteiger charge is -2.36. The molecule has 1 aromatic heterocycles. The first-order chi connectivity index (χ1) is 8.93. The molecule has 1 aromatic rings. The third kappa shape index (κ3) is 3.10. The first kappa shape index (κ1) is 13.9. The number of likely N-dealkylation sites (tertiary alicyclic amines) is 1. The first-order valence-corrected chi connectivity index (χ1v) is 6.78. The molecule has 0 radical (unpaired) electrons. The Bertz CT molecular complexity index is 476. The smallest absolute Gasteiger partial charge is 0.255 e. The monoisotopic (exact) mass is 263 g/mol. The number of rotatable bonds is 2. The summed E-state index contributed by atoms with van der Waals surface area (Å²) in [6.07, 6.45) is 1.94. The number of aromatic nitrogens is 2.